The summed E-state index contributed by atoms with van der Waals surface area (Å²) in [5, 5.41) is 3.00. The van der Waals surface area contributed by atoms with Crippen LogP contribution in [-0.2, 0) is 6.54 Å². The fourth-order valence-electron chi connectivity index (χ4n) is 1.34. The molecule has 0 saturated heterocycles. The highest BCUT2D eigenvalue weighted by atomic mass is 16.5. The van der Waals surface area contributed by atoms with Crippen LogP contribution in [0.25, 0.3) is 0 Å². The van der Waals surface area contributed by atoms with E-state index in [2.05, 4.69) is 25.7 Å². The van der Waals surface area contributed by atoms with Gasteiger partial charge in [0.2, 0.25) is 11.9 Å². The summed E-state index contributed by atoms with van der Waals surface area (Å²) in [7, 11) is 0. The minimum Gasteiger partial charge on any atom is -0.467 e. The molecule has 0 aromatic carbocycles. The molecule has 0 amide bonds. The van der Waals surface area contributed by atoms with E-state index in [9.17, 15) is 0 Å². The van der Waals surface area contributed by atoms with Crippen molar-refractivity contribution >= 4 is 11.9 Å². The maximum absolute atomic E-state index is 5.41. The molecule has 2 rings (SSSR count). The first-order valence-electron chi connectivity index (χ1n) is 5.83. The van der Waals surface area contributed by atoms with Crippen LogP contribution in [0.4, 0.5) is 11.9 Å². The van der Waals surface area contributed by atoms with Gasteiger partial charge in [-0.3, -0.25) is 5.43 Å². The summed E-state index contributed by atoms with van der Waals surface area (Å²) in [6, 6.07) is 3.87. The molecule has 0 bridgehead atoms. The van der Waals surface area contributed by atoms with Gasteiger partial charge < -0.3 is 14.5 Å². The Bertz CT molecular complexity index is 514. The van der Waals surface area contributed by atoms with Gasteiger partial charge in [-0.25, -0.2) is 5.84 Å². The van der Waals surface area contributed by atoms with Crippen molar-refractivity contribution in [3.63, 3.8) is 0 Å². The zero-order valence-electron chi connectivity index (χ0n) is 10.8. The van der Waals surface area contributed by atoms with Crippen molar-refractivity contribution < 1.29 is 9.15 Å². The highest BCUT2D eigenvalue weighted by Gasteiger charge is 2.08. The lowest BCUT2D eigenvalue weighted by Gasteiger charge is -2.10. The highest BCUT2D eigenvalue weighted by Crippen LogP contribution is 2.12. The van der Waals surface area contributed by atoms with Gasteiger partial charge in [0.05, 0.1) is 18.9 Å². The quantitative estimate of drug-likeness (QED) is 0.526. The molecule has 19 heavy (non-hydrogen) atoms. The second-order valence-electron chi connectivity index (χ2n) is 4.01. The van der Waals surface area contributed by atoms with E-state index >= 15 is 0 Å². The second kappa shape index (κ2) is 6.01. The van der Waals surface area contributed by atoms with Gasteiger partial charge in [-0.1, -0.05) is 0 Å². The molecule has 4 N–H and O–H groups in total. The Balaban J connectivity index is 2.09. The summed E-state index contributed by atoms with van der Waals surface area (Å²) in [6.45, 7) is 4.23. The standard InChI is InChI=1S/C11H16N6O2/c1-7(2)19-11-15-9(14-10(16-11)17-12)13-6-8-4-3-5-18-8/h3-5,7H,6,12H2,1-2H3,(H2,13,14,15,16,17). The number of hydrogen-bond acceptors (Lipinski definition) is 8. The van der Waals surface area contributed by atoms with Crippen LogP contribution in [0.15, 0.2) is 22.8 Å². The molecule has 2 aromatic rings. The molecule has 8 heteroatoms. The first-order chi connectivity index (χ1) is 9.17. The Morgan fingerprint density at radius 3 is 2.74 bits per heavy atom. The van der Waals surface area contributed by atoms with Crippen molar-refractivity contribution in [1.82, 2.24) is 15.0 Å². The summed E-state index contributed by atoms with van der Waals surface area (Å²) in [5.41, 5.74) is 2.37. The van der Waals surface area contributed by atoms with E-state index in [4.69, 9.17) is 15.0 Å². The summed E-state index contributed by atoms with van der Waals surface area (Å²) in [6.07, 6.45) is 1.57. The Labute approximate surface area is 110 Å². The first kappa shape index (κ1) is 13.1. The average Bonchev–Trinajstić information content (AvgIpc) is 2.88. The summed E-state index contributed by atoms with van der Waals surface area (Å²) < 4.78 is 10.6. The molecular formula is C11H16N6O2. The zero-order chi connectivity index (χ0) is 13.7. The lowest BCUT2D eigenvalue weighted by Crippen LogP contribution is -2.16. The third-order valence-corrected chi connectivity index (χ3v) is 2.09. The van der Waals surface area contributed by atoms with Crippen LogP contribution in [0.3, 0.4) is 0 Å². The number of ether oxygens (including phenoxy) is 1. The topological polar surface area (TPSA) is 111 Å². The predicted octanol–water partition coefficient (Wildman–Crippen LogP) is 1.15. The van der Waals surface area contributed by atoms with Gasteiger partial charge in [0.15, 0.2) is 0 Å². The molecule has 0 aliphatic rings. The monoisotopic (exact) mass is 264 g/mol. The van der Waals surface area contributed by atoms with E-state index in [-0.39, 0.29) is 18.1 Å². The number of nitrogens with zero attached hydrogens (tertiary/aromatic N) is 3. The van der Waals surface area contributed by atoms with Crippen molar-refractivity contribution in [2.45, 2.75) is 26.5 Å². The minimum atomic E-state index is -0.0362. The molecule has 2 heterocycles. The molecule has 0 unspecified atom stereocenters. The number of anilines is 2. The number of nitrogens with two attached hydrogens (primary N) is 1. The van der Waals surface area contributed by atoms with Crippen molar-refractivity contribution in [2.24, 2.45) is 5.84 Å². The Kier molecular flexibility index (Phi) is 4.14. The van der Waals surface area contributed by atoms with Crippen LogP contribution >= 0.6 is 0 Å². The van der Waals surface area contributed by atoms with E-state index in [1.54, 1.807) is 6.26 Å². The van der Waals surface area contributed by atoms with Gasteiger partial charge in [0.1, 0.15) is 5.76 Å². The maximum Gasteiger partial charge on any atom is 0.323 e. The lowest BCUT2D eigenvalue weighted by atomic mass is 10.4. The van der Waals surface area contributed by atoms with Crippen LogP contribution in [0.1, 0.15) is 19.6 Å². The minimum absolute atomic E-state index is 0.0362. The van der Waals surface area contributed by atoms with Crippen molar-refractivity contribution in [3.8, 4) is 6.01 Å². The van der Waals surface area contributed by atoms with E-state index in [1.165, 1.54) is 0 Å². The average molecular weight is 264 g/mol. The number of hydrogen-bond donors (Lipinski definition) is 3. The smallest absolute Gasteiger partial charge is 0.323 e. The van der Waals surface area contributed by atoms with Crippen molar-refractivity contribution in [2.75, 3.05) is 10.7 Å². The highest BCUT2D eigenvalue weighted by molar-refractivity contribution is 5.35. The molecule has 0 aliphatic heterocycles. The maximum atomic E-state index is 5.41. The molecule has 0 fully saturated rings. The van der Waals surface area contributed by atoms with Crippen LogP contribution in [-0.4, -0.2) is 21.1 Å². The third-order valence-electron chi connectivity index (χ3n) is 2.09. The van der Waals surface area contributed by atoms with E-state index in [0.29, 0.717) is 12.5 Å². The number of rotatable bonds is 6. The molecule has 8 nitrogen and oxygen atoms in total. The van der Waals surface area contributed by atoms with Crippen molar-refractivity contribution in [1.29, 1.82) is 0 Å². The molecule has 2 aromatic heterocycles. The normalized spacial score (nSPS) is 10.5. The summed E-state index contributed by atoms with van der Waals surface area (Å²) in [5.74, 6) is 6.66. The van der Waals surface area contributed by atoms with E-state index < -0.39 is 0 Å². The zero-order valence-corrected chi connectivity index (χ0v) is 10.8. The summed E-state index contributed by atoms with van der Waals surface area (Å²) >= 11 is 0. The van der Waals surface area contributed by atoms with Gasteiger partial charge in [-0.05, 0) is 26.0 Å². The van der Waals surface area contributed by atoms with Gasteiger partial charge in [-0.15, -0.1) is 0 Å². The lowest BCUT2D eigenvalue weighted by molar-refractivity contribution is 0.222. The Morgan fingerprint density at radius 1 is 1.32 bits per heavy atom. The molecule has 102 valence electrons. The third kappa shape index (κ3) is 3.81. The first-order valence-corrected chi connectivity index (χ1v) is 5.83. The number of nitrogens with one attached hydrogen (secondary N) is 2. The molecule has 0 atom stereocenters. The number of aromatic nitrogens is 3. The van der Waals surface area contributed by atoms with Gasteiger partial charge in [-0.2, -0.15) is 15.0 Å². The van der Waals surface area contributed by atoms with Crippen molar-refractivity contribution in [3.05, 3.63) is 24.2 Å². The number of furan rings is 1. The second-order valence-corrected chi connectivity index (χ2v) is 4.01. The fourth-order valence-corrected chi connectivity index (χ4v) is 1.34. The number of nitrogen functional groups attached to an aromatic ring is 1. The largest absolute Gasteiger partial charge is 0.467 e. The van der Waals surface area contributed by atoms with Gasteiger partial charge in [0.25, 0.3) is 0 Å². The van der Waals surface area contributed by atoms with Gasteiger partial charge in [0, 0.05) is 0 Å². The molecule has 0 aliphatic carbocycles. The Morgan fingerprint density at radius 2 is 2.11 bits per heavy atom. The molecular weight excluding hydrogens is 248 g/mol. The van der Waals surface area contributed by atoms with Crippen LogP contribution in [0, 0.1) is 0 Å². The van der Waals surface area contributed by atoms with E-state index in [0.717, 1.165) is 5.76 Å². The fraction of sp³-hybridized carbons (Fsp3) is 0.364. The molecule has 0 spiro atoms. The van der Waals surface area contributed by atoms with E-state index in [1.807, 2.05) is 26.0 Å². The number of hydrazine groups is 1. The predicted molar refractivity (Wildman–Crippen MR) is 69.4 cm³/mol. The SMILES string of the molecule is CC(C)Oc1nc(NN)nc(NCc2ccco2)n1. The van der Waals surface area contributed by atoms with Crippen LogP contribution in [0.2, 0.25) is 0 Å². The Hall–Kier alpha value is -2.35. The van der Waals surface area contributed by atoms with Gasteiger partial charge >= 0.3 is 6.01 Å². The molecule has 0 saturated carbocycles. The van der Waals surface area contributed by atoms with Crippen LogP contribution in [0.5, 0.6) is 6.01 Å². The van der Waals surface area contributed by atoms with Crippen LogP contribution < -0.4 is 21.3 Å². The summed E-state index contributed by atoms with van der Waals surface area (Å²) in [4.78, 5) is 12.2. The molecule has 0 radical (unpaired) electrons.